The van der Waals surface area contributed by atoms with Crippen molar-refractivity contribution in [3.05, 3.63) is 23.8 Å². The van der Waals surface area contributed by atoms with Gasteiger partial charge >= 0.3 is 6.18 Å². The average Bonchev–Trinajstić information content (AvgIpc) is 2.56. The van der Waals surface area contributed by atoms with E-state index in [0.29, 0.717) is 11.3 Å². The summed E-state index contributed by atoms with van der Waals surface area (Å²) in [4.78, 5) is 14.1. The number of aryl methyl sites for hydroxylation is 1. The standard InChI is InChI=1S/C16H22ClF3N2O3S2/c1-4-22(5-2)12-6-7-13(11(3)8-12)21-15(23)26-14(16(18,19)20)9-27(24,25)10-17/h6-8,14H,4-5,9-10H2,1-3H3,(H,21,23). The molecule has 1 atom stereocenters. The second-order valence-electron chi connectivity index (χ2n) is 5.75. The highest BCUT2D eigenvalue weighted by Crippen LogP contribution is 2.33. The molecule has 0 fully saturated rings. The molecular formula is C16H22ClF3N2O3S2. The maximum absolute atomic E-state index is 13.1. The van der Waals surface area contributed by atoms with Crippen LogP contribution in [0.15, 0.2) is 18.2 Å². The van der Waals surface area contributed by atoms with Gasteiger partial charge < -0.3 is 10.2 Å². The van der Waals surface area contributed by atoms with Gasteiger partial charge in [-0.05, 0) is 44.5 Å². The molecule has 1 rings (SSSR count). The Morgan fingerprint density at radius 1 is 1.30 bits per heavy atom. The van der Waals surface area contributed by atoms with Crippen LogP contribution in [0.1, 0.15) is 19.4 Å². The number of halogens is 4. The van der Waals surface area contributed by atoms with E-state index in [1.807, 2.05) is 19.9 Å². The number of hydrogen-bond acceptors (Lipinski definition) is 5. The third-order valence-corrected chi connectivity index (χ3v) is 7.18. The molecule has 11 heteroatoms. The van der Waals surface area contributed by atoms with Crippen LogP contribution in [0.2, 0.25) is 0 Å². The van der Waals surface area contributed by atoms with Crippen LogP contribution >= 0.6 is 23.4 Å². The lowest BCUT2D eigenvalue weighted by atomic mass is 10.1. The van der Waals surface area contributed by atoms with E-state index in [4.69, 9.17) is 11.6 Å². The fourth-order valence-electron chi connectivity index (χ4n) is 2.31. The number of anilines is 2. The van der Waals surface area contributed by atoms with E-state index in [0.717, 1.165) is 18.8 Å². The molecule has 0 bridgehead atoms. The molecule has 1 amide bonds. The fourth-order valence-corrected chi connectivity index (χ4v) is 4.77. The third kappa shape index (κ3) is 7.42. The predicted molar refractivity (Wildman–Crippen MR) is 106 cm³/mol. The first kappa shape index (κ1) is 23.9. The van der Waals surface area contributed by atoms with E-state index < -0.39 is 37.5 Å². The van der Waals surface area contributed by atoms with Crippen molar-refractivity contribution in [2.45, 2.75) is 32.2 Å². The van der Waals surface area contributed by atoms with Crippen molar-refractivity contribution in [3.63, 3.8) is 0 Å². The number of nitrogens with zero attached hydrogens (tertiary/aromatic N) is 1. The molecular weight excluding hydrogens is 425 g/mol. The summed E-state index contributed by atoms with van der Waals surface area (Å²) in [6.07, 6.45) is -4.86. The highest BCUT2D eigenvalue weighted by Gasteiger charge is 2.44. The number of carbonyl (C=O) groups is 1. The number of sulfone groups is 1. The zero-order valence-corrected chi connectivity index (χ0v) is 17.5. The fraction of sp³-hybridized carbons (Fsp3) is 0.562. The van der Waals surface area contributed by atoms with Gasteiger partial charge in [-0.3, -0.25) is 4.79 Å². The van der Waals surface area contributed by atoms with Crippen molar-refractivity contribution in [3.8, 4) is 0 Å². The molecule has 27 heavy (non-hydrogen) atoms. The van der Waals surface area contributed by atoms with E-state index in [-0.39, 0.29) is 11.8 Å². The SMILES string of the molecule is CCN(CC)c1ccc(NC(=O)SC(CS(=O)(=O)CCl)C(F)(F)F)c(C)c1. The lowest BCUT2D eigenvalue weighted by Gasteiger charge is -2.22. The van der Waals surface area contributed by atoms with Gasteiger partial charge in [0.2, 0.25) is 0 Å². The molecule has 1 N–H and O–H groups in total. The van der Waals surface area contributed by atoms with Crippen LogP contribution < -0.4 is 10.2 Å². The lowest BCUT2D eigenvalue weighted by molar-refractivity contribution is -0.124. The van der Waals surface area contributed by atoms with Crippen LogP contribution in [0.25, 0.3) is 0 Å². The van der Waals surface area contributed by atoms with Crippen molar-refractivity contribution >= 4 is 49.8 Å². The number of hydrogen-bond donors (Lipinski definition) is 1. The number of alkyl halides is 4. The number of benzene rings is 1. The second kappa shape index (κ2) is 9.88. The third-order valence-electron chi connectivity index (χ3n) is 3.76. The van der Waals surface area contributed by atoms with E-state index in [9.17, 15) is 26.4 Å². The summed E-state index contributed by atoms with van der Waals surface area (Å²) in [6, 6.07) is 5.20. The maximum Gasteiger partial charge on any atom is 0.402 e. The Balaban J connectivity index is 2.90. The zero-order valence-electron chi connectivity index (χ0n) is 15.1. The molecule has 154 valence electrons. The smallest absolute Gasteiger partial charge is 0.372 e. The van der Waals surface area contributed by atoms with Crippen LogP contribution in [0, 0.1) is 6.92 Å². The topological polar surface area (TPSA) is 66.5 Å². The van der Waals surface area contributed by atoms with Gasteiger partial charge in [-0.15, -0.1) is 11.6 Å². The summed E-state index contributed by atoms with van der Waals surface area (Å²) in [7, 11) is -4.11. The molecule has 0 saturated heterocycles. The first-order valence-corrected chi connectivity index (χ1v) is 11.3. The van der Waals surface area contributed by atoms with Gasteiger partial charge in [-0.2, -0.15) is 13.2 Å². The normalized spacial score (nSPS) is 13.3. The van der Waals surface area contributed by atoms with Gasteiger partial charge in [0.1, 0.15) is 10.5 Å². The second-order valence-corrected chi connectivity index (χ2v) is 9.62. The minimum absolute atomic E-state index is 0.106. The number of amides is 1. The molecule has 1 aromatic carbocycles. The summed E-state index contributed by atoms with van der Waals surface area (Å²) < 4.78 is 62.1. The summed E-state index contributed by atoms with van der Waals surface area (Å²) in [5.74, 6) is -1.25. The number of nitrogens with one attached hydrogen (secondary N) is 1. The zero-order chi connectivity index (χ0) is 20.8. The number of thioether (sulfide) groups is 1. The van der Waals surface area contributed by atoms with Crippen LogP contribution in [-0.4, -0.2) is 49.1 Å². The molecule has 0 aromatic heterocycles. The summed E-state index contributed by atoms with van der Waals surface area (Å²) >= 11 is 5.06. The molecule has 0 aliphatic rings. The van der Waals surface area contributed by atoms with Gasteiger partial charge in [0.15, 0.2) is 9.84 Å². The molecule has 1 unspecified atom stereocenters. The van der Waals surface area contributed by atoms with Crippen LogP contribution in [0.4, 0.5) is 29.3 Å². The van der Waals surface area contributed by atoms with E-state index >= 15 is 0 Å². The van der Waals surface area contributed by atoms with Crippen LogP contribution in [0.5, 0.6) is 0 Å². The molecule has 0 radical (unpaired) electrons. The summed E-state index contributed by atoms with van der Waals surface area (Å²) in [5.41, 5.74) is 1.99. The largest absolute Gasteiger partial charge is 0.402 e. The Labute approximate surface area is 166 Å². The Morgan fingerprint density at radius 3 is 2.33 bits per heavy atom. The van der Waals surface area contributed by atoms with Crippen molar-refractivity contribution in [1.29, 1.82) is 0 Å². The summed E-state index contributed by atoms with van der Waals surface area (Å²) in [6.45, 7) is 7.31. The highest BCUT2D eigenvalue weighted by molar-refractivity contribution is 8.15. The van der Waals surface area contributed by atoms with E-state index in [2.05, 4.69) is 10.2 Å². The maximum atomic E-state index is 13.1. The molecule has 5 nitrogen and oxygen atoms in total. The quantitative estimate of drug-likeness (QED) is 0.589. The lowest BCUT2D eigenvalue weighted by Crippen LogP contribution is -2.35. The average molecular weight is 447 g/mol. The Hall–Kier alpha value is -1.13. The van der Waals surface area contributed by atoms with Crippen molar-refractivity contribution in [2.75, 3.05) is 34.3 Å². The van der Waals surface area contributed by atoms with Gasteiger partial charge in [-0.25, -0.2) is 8.42 Å². The van der Waals surface area contributed by atoms with Crippen LogP contribution in [0.3, 0.4) is 0 Å². The van der Waals surface area contributed by atoms with Gasteiger partial charge in [0.25, 0.3) is 5.24 Å². The first-order valence-electron chi connectivity index (χ1n) is 8.09. The number of rotatable bonds is 8. The highest BCUT2D eigenvalue weighted by atomic mass is 35.5. The Kier molecular flexibility index (Phi) is 8.75. The monoisotopic (exact) mass is 446 g/mol. The molecule has 0 aliphatic heterocycles. The summed E-state index contributed by atoms with van der Waals surface area (Å²) in [5, 5.41) is -1.92. The van der Waals surface area contributed by atoms with E-state index in [1.54, 1.807) is 19.1 Å². The van der Waals surface area contributed by atoms with Gasteiger partial charge in [0, 0.05) is 24.5 Å². The van der Waals surface area contributed by atoms with Crippen molar-refractivity contribution in [2.24, 2.45) is 0 Å². The van der Waals surface area contributed by atoms with Crippen molar-refractivity contribution in [1.82, 2.24) is 0 Å². The minimum atomic E-state index is -4.86. The minimum Gasteiger partial charge on any atom is -0.372 e. The van der Waals surface area contributed by atoms with Gasteiger partial charge in [0.05, 0.1) is 5.75 Å². The van der Waals surface area contributed by atoms with Gasteiger partial charge in [-0.1, -0.05) is 11.8 Å². The Bertz CT molecular complexity index is 754. The van der Waals surface area contributed by atoms with Crippen molar-refractivity contribution < 1.29 is 26.4 Å². The molecule has 0 spiro atoms. The first-order chi connectivity index (χ1) is 12.4. The molecule has 0 heterocycles. The Morgan fingerprint density at radius 2 is 1.89 bits per heavy atom. The number of carbonyl (C=O) groups excluding carboxylic acids is 1. The predicted octanol–water partition coefficient (Wildman–Crippen LogP) is 4.65. The molecule has 0 saturated carbocycles. The molecule has 1 aromatic rings. The molecule has 0 aliphatic carbocycles. The van der Waals surface area contributed by atoms with Crippen LogP contribution in [-0.2, 0) is 9.84 Å². The van der Waals surface area contributed by atoms with E-state index in [1.165, 1.54) is 0 Å².